The van der Waals surface area contributed by atoms with Gasteiger partial charge in [-0.1, -0.05) is 18.5 Å². The lowest BCUT2D eigenvalue weighted by Crippen LogP contribution is -2.28. The van der Waals surface area contributed by atoms with Crippen LogP contribution in [-0.2, 0) is 0 Å². The van der Waals surface area contributed by atoms with Crippen molar-refractivity contribution in [1.29, 1.82) is 5.26 Å². The summed E-state index contributed by atoms with van der Waals surface area (Å²) in [6.07, 6.45) is 0.905. The lowest BCUT2D eigenvalue weighted by molar-refractivity contribution is 0.679. The van der Waals surface area contributed by atoms with Crippen LogP contribution in [0.4, 0.5) is 5.69 Å². The maximum Gasteiger partial charge on any atom is 0.101 e. The number of nitrogens with zero attached hydrogens (tertiary/aromatic N) is 1. The summed E-state index contributed by atoms with van der Waals surface area (Å²) >= 11 is 5.78. The van der Waals surface area contributed by atoms with Gasteiger partial charge in [-0.2, -0.15) is 5.26 Å². The van der Waals surface area contributed by atoms with Crippen LogP contribution in [0.3, 0.4) is 0 Å². The van der Waals surface area contributed by atoms with Crippen molar-refractivity contribution in [2.45, 2.75) is 19.4 Å². The smallest absolute Gasteiger partial charge is 0.101 e. The second-order valence-corrected chi connectivity index (χ2v) is 3.79. The summed E-state index contributed by atoms with van der Waals surface area (Å²) in [6, 6.07) is 7.38. The van der Waals surface area contributed by atoms with E-state index in [1.165, 1.54) is 0 Å². The molecule has 1 aromatic carbocycles. The number of halogens is 1. The normalized spacial score (nSPS) is 11.9. The van der Waals surface area contributed by atoms with Gasteiger partial charge in [0.1, 0.15) is 6.07 Å². The molecule has 1 atom stereocenters. The zero-order chi connectivity index (χ0) is 11.3. The topological polar surface area (TPSA) is 61.8 Å². The number of nitrogens with one attached hydrogen (secondary N) is 1. The Labute approximate surface area is 94.8 Å². The quantitative estimate of drug-likeness (QED) is 0.824. The molecule has 80 valence electrons. The van der Waals surface area contributed by atoms with Gasteiger partial charge < -0.3 is 11.1 Å². The van der Waals surface area contributed by atoms with E-state index >= 15 is 0 Å². The van der Waals surface area contributed by atoms with E-state index in [9.17, 15) is 0 Å². The maximum atomic E-state index is 8.89. The molecule has 0 amide bonds. The highest BCUT2D eigenvalue weighted by Crippen LogP contribution is 2.19. The predicted octanol–water partition coefficient (Wildman–Crippen LogP) is 2.36. The van der Waals surface area contributed by atoms with E-state index < -0.39 is 0 Å². The summed E-state index contributed by atoms with van der Waals surface area (Å²) in [5.74, 6) is 0. The predicted molar refractivity (Wildman–Crippen MR) is 62.9 cm³/mol. The van der Waals surface area contributed by atoms with Crippen LogP contribution in [0.1, 0.15) is 18.9 Å². The van der Waals surface area contributed by atoms with Crippen molar-refractivity contribution in [3.05, 3.63) is 28.8 Å². The molecule has 1 rings (SSSR count). The van der Waals surface area contributed by atoms with Gasteiger partial charge in [-0.15, -0.1) is 0 Å². The Bertz CT molecular complexity index is 371. The first-order chi connectivity index (χ1) is 7.17. The molecule has 0 aliphatic carbocycles. The molecule has 1 aromatic rings. The van der Waals surface area contributed by atoms with Crippen molar-refractivity contribution in [3.8, 4) is 6.07 Å². The lowest BCUT2D eigenvalue weighted by atomic mass is 10.2. The third-order valence-corrected chi connectivity index (χ3v) is 2.42. The molecule has 1 unspecified atom stereocenters. The first kappa shape index (κ1) is 11.8. The number of hydrogen-bond donors (Lipinski definition) is 2. The number of nitriles is 1. The van der Waals surface area contributed by atoms with Crippen LogP contribution in [0.25, 0.3) is 0 Å². The van der Waals surface area contributed by atoms with Gasteiger partial charge in [0, 0.05) is 17.6 Å². The zero-order valence-electron chi connectivity index (χ0n) is 8.63. The second-order valence-electron chi connectivity index (χ2n) is 3.35. The molecule has 0 heterocycles. The number of benzene rings is 1. The Kier molecular flexibility index (Phi) is 4.41. The van der Waals surface area contributed by atoms with E-state index in [2.05, 4.69) is 11.4 Å². The van der Waals surface area contributed by atoms with Gasteiger partial charge in [-0.25, -0.2) is 0 Å². The lowest BCUT2D eigenvalue weighted by Gasteiger charge is -2.12. The van der Waals surface area contributed by atoms with Gasteiger partial charge >= 0.3 is 0 Å². The fourth-order valence-corrected chi connectivity index (χ4v) is 1.32. The fourth-order valence-electron chi connectivity index (χ4n) is 1.15. The van der Waals surface area contributed by atoms with Crippen LogP contribution < -0.4 is 11.1 Å². The highest BCUT2D eigenvalue weighted by Gasteiger charge is 2.04. The molecule has 0 aliphatic heterocycles. The van der Waals surface area contributed by atoms with E-state index in [1.54, 1.807) is 18.2 Å². The molecule has 0 saturated heterocycles. The number of nitrogens with two attached hydrogens (primary N) is 1. The molecule has 0 aromatic heterocycles. The zero-order valence-corrected chi connectivity index (χ0v) is 9.38. The molecule has 0 aliphatic rings. The standard InChI is InChI=1S/C11H14ClN3/c1-2-10(14)7-15-11-4-3-9(12)5-8(11)6-13/h3-5,10,15H,2,7,14H2,1H3. The van der Waals surface area contributed by atoms with Gasteiger partial charge in [-0.05, 0) is 24.6 Å². The fraction of sp³-hybridized carbons (Fsp3) is 0.364. The van der Waals surface area contributed by atoms with Gasteiger partial charge in [0.2, 0.25) is 0 Å². The first-order valence-electron chi connectivity index (χ1n) is 4.86. The first-order valence-corrected chi connectivity index (χ1v) is 5.24. The molecule has 0 radical (unpaired) electrons. The maximum absolute atomic E-state index is 8.89. The minimum Gasteiger partial charge on any atom is -0.382 e. The van der Waals surface area contributed by atoms with Gasteiger partial charge in [0.05, 0.1) is 11.3 Å². The highest BCUT2D eigenvalue weighted by molar-refractivity contribution is 6.30. The minimum absolute atomic E-state index is 0.104. The Morgan fingerprint density at radius 2 is 2.33 bits per heavy atom. The summed E-state index contributed by atoms with van der Waals surface area (Å²) < 4.78 is 0. The summed E-state index contributed by atoms with van der Waals surface area (Å²) in [5.41, 5.74) is 7.10. The second kappa shape index (κ2) is 5.59. The van der Waals surface area contributed by atoms with Gasteiger partial charge in [0.15, 0.2) is 0 Å². The highest BCUT2D eigenvalue weighted by atomic mass is 35.5. The van der Waals surface area contributed by atoms with Crippen LogP contribution >= 0.6 is 11.6 Å². The molecule has 0 bridgehead atoms. The number of rotatable bonds is 4. The summed E-state index contributed by atoms with van der Waals surface area (Å²) in [4.78, 5) is 0. The van der Waals surface area contributed by atoms with Crippen molar-refractivity contribution in [3.63, 3.8) is 0 Å². The Morgan fingerprint density at radius 3 is 2.93 bits per heavy atom. The summed E-state index contributed by atoms with van der Waals surface area (Å²) in [7, 11) is 0. The molecule has 3 nitrogen and oxygen atoms in total. The minimum atomic E-state index is 0.104. The Balaban J connectivity index is 2.73. The van der Waals surface area contributed by atoms with Crippen LogP contribution in [-0.4, -0.2) is 12.6 Å². The van der Waals surface area contributed by atoms with Gasteiger partial charge in [0.25, 0.3) is 0 Å². The van der Waals surface area contributed by atoms with Crippen molar-refractivity contribution >= 4 is 17.3 Å². The number of anilines is 1. The number of hydrogen-bond acceptors (Lipinski definition) is 3. The van der Waals surface area contributed by atoms with Crippen molar-refractivity contribution in [2.24, 2.45) is 5.73 Å². The third kappa shape index (κ3) is 3.43. The van der Waals surface area contributed by atoms with Crippen molar-refractivity contribution < 1.29 is 0 Å². The van der Waals surface area contributed by atoms with E-state index in [0.717, 1.165) is 12.1 Å². The Hall–Kier alpha value is -1.24. The van der Waals surface area contributed by atoms with Crippen LogP contribution in [0.5, 0.6) is 0 Å². The molecular formula is C11H14ClN3. The largest absolute Gasteiger partial charge is 0.382 e. The average molecular weight is 224 g/mol. The Morgan fingerprint density at radius 1 is 1.60 bits per heavy atom. The van der Waals surface area contributed by atoms with Crippen LogP contribution in [0, 0.1) is 11.3 Å². The molecule has 15 heavy (non-hydrogen) atoms. The molecular weight excluding hydrogens is 210 g/mol. The molecule has 4 heteroatoms. The third-order valence-electron chi connectivity index (χ3n) is 2.18. The van der Waals surface area contributed by atoms with E-state index in [4.69, 9.17) is 22.6 Å². The van der Waals surface area contributed by atoms with Crippen molar-refractivity contribution in [2.75, 3.05) is 11.9 Å². The van der Waals surface area contributed by atoms with Gasteiger partial charge in [-0.3, -0.25) is 0 Å². The summed E-state index contributed by atoms with van der Waals surface area (Å²) in [5, 5.41) is 12.6. The van der Waals surface area contributed by atoms with Crippen LogP contribution in [0.2, 0.25) is 5.02 Å². The average Bonchev–Trinajstić information content (AvgIpc) is 2.26. The van der Waals surface area contributed by atoms with Crippen molar-refractivity contribution in [1.82, 2.24) is 0 Å². The molecule has 0 saturated carbocycles. The van der Waals surface area contributed by atoms with E-state index in [1.807, 2.05) is 6.92 Å². The van der Waals surface area contributed by atoms with E-state index in [0.29, 0.717) is 17.1 Å². The molecule has 3 N–H and O–H groups in total. The summed E-state index contributed by atoms with van der Waals surface area (Å²) in [6.45, 7) is 2.69. The SMILES string of the molecule is CCC(N)CNc1ccc(Cl)cc1C#N. The van der Waals surface area contributed by atoms with Crippen LogP contribution in [0.15, 0.2) is 18.2 Å². The molecule has 0 spiro atoms. The monoisotopic (exact) mass is 223 g/mol. The molecule has 0 fully saturated rings. The van der Waals surface area contributed by atoms with E-state index in [-0.39, 0.29) is 6.04 Å².